The maximum Gasteiger partial charge on any atom is 0.237 e. The zero-order chi connectivity index (χ0) is 32.1. The summed E-state index contributed by atoms with van der Waals surface area (Å²) in [5, 5.41) is 4.39. The van der Waals surface area contributed by atoms with Gasteiger partial charge in [-0.15, -0.1) is 0 Å². The summed E-state index contributed by atoms with van der Waals surface area (Å²) in [7, 11) is 4.10. The molecule has 5 atom stereocenters. The Morgan fingerprint density at radius 1 is 0.957 bits per heavy atom. The van der Waals surface area contributed by atoms with Crippen LogP contribution in [-0.2, 0) is 16.6 Å². The summed E-state index contributed by atoms with van der Waals surface area (Å²) >= 11 is 0. The second kappa shape index (κ2) is 12.7. The molecule has 6 heterocycles. The largest absolute Gasteiger partial charge is 0.339 e. The number of rotatable bonds is 6. The van der Waals surface area contributed by atoms with E-state index in [9.17, 15) is 9.59 Å². The van der Waals surface area contributed by atoms with Crippen LogP contribution in [0.4, 0.5) is 0 Å². The van der Waals surface area contributed by atoms with E-state index in [4.69, 9.17) is 0 Å². The molecule has 1 saturated carbocycles. The molecule has 2 N–H and O–H groups in total. The van der Waals surface area contributed by atoms with Crippen molar-refractivity contribution in [2.24, 2.45) is 24.3 Å². The molecular weight excluding hydrogens is 590 g/mol. The van der Waals surface area contributed by atoms with Gasteiger partial charge in [0.15, 0.2) is 5.82 Å². The Hall–Kier alpha value is -3.12. The molecule has 1 spiro atoms. The number of nitrogens with zero attached hydrogens (tertiary/aromatic N) is 7. The molecule has 2 amide bonds. The van der Waals surface area contributed by atoms with Gasteiger partial charge in [0.25, 0.3) is 0 Å². The summed E-state index contributed by atoms with van der Waals surface area (Å²) in [5.74, 6) is 2.59. The minimum atomic E-state index is -0.303. The fourth-order valence-corrected chi connectivity index (χ4v) is 9.63. The third-order valence-electron chi connectivity index (χ3n) is 12.5. The van der Waals surface area contributed by atoms with Gasteiger partial charge >= 0.3 is 0 Å². The van der Waals surface area contributed by atoms with Gasteiger partial charge in [0.1, 0.15) is 6.33 Å². The molecule has 2 aromatic rings. The van der Waals surface area contributed by atoms with Gasteiger partial charge in [-0.25, -0.2) is 4.98 Å². The van der Waals surface area contributed by atoms with Crippen LogP contribution < -0.4 is 10.9 Å². The average molecular weight is 642 g/mol. The molecule has 4 saturated heterocycles. The number of hydrogen-bond acceptors (Lipinski definition) is 8. The van der Waals surface area contributed by atoms with Gasteiger partial charge in [0.2, 0.25) is 11.8 Å². The van der Waals surface area contributed by atoms with E-state index in [0.29, 0.717) is 43.0 Å². The highest BCUT2D eigenvalue weighted by Crippen LogP contribution is 2.45. The van der Waals surface area contributed by atoms with E-state index < -0.39 is 0 Å². The van der Waals surface area contributed by atoms with Gasteiger partial charge in [-0.1, -0.05) is 30.3 Å². The van der Waals surface area contributed by atoms with Gasteiger partial charge in [0.05, 0.1) is 12.0 Å². The monoisotopic (exact) mass is 641 g/mol. The van der Waals surface area contributed by atoms with Crippen LogP contribution in [0.1, 0.15) is 56.9 Å². The molecule has 6 aliphatic rings. The van der Waals surface area contributed by atoms with Crippen LogP contribution in [0, 0.1) is 17.3 Å². The van der Waals surface area contributed by atoms with E-state index in [1.165, 1.54) is 37.1 Å². The third-order valence-corrected chi connectivity index (χ3v) is 12.5. The Kier molecular flexibility index (Phi) is 8.44. The number of fused-ring (bicyclic) bond motifs is 1. The number of carbonyl (C=O) groups excluding carboxylic acids is 2. The number of piperidine rings is 1. The van der Waals surface area contributed by atoms with Crippen molar-refractivity contribution in [1.29, 1.82) is 0 Å². The first-order chi connectivity index (χ1) is 22.8. The second-order valence-corrected chi connectivity index (χ2v) is 15.3. The SMILES string of the molecule is CN1CCC(C2NNC3CCC(N4CC[C@]5(CCN(CC(=O)N6CC=C(c7ccc(-c8ncn(C)n8)cc7)CC6)C5)C4=O)CC32)CC1. The van der Waals surface area contributed by atoms with Gasteiger partial charge in [-0.3, -0.25) is 30.0 Å². The van der Waals surface area contributed by atoms with Gasteiger partial charge in [-0.05, 0) is 101 Å². The Balaban J connectivity index is 0.835. The highest BCUT2D eigenvalue weighted by Gasteiger charge is 2.54. The minimum Gasteiger partial charge on any atom is -0.339 e. The Bertz CT molecular complexity index is 1500. The average Bonchev–Trinajstić information content (AvgIpc) is 3.89. The lowest BCUT2D eigenvalue weighted by molar-refractivity contribution is -0.139. The van der Waals surface area contributed by atoms with E-state index in [-0.39, 0.29) is 11.3 Å². The van der Waals surface area contributed by atoms with Gasteiger partial charge < -0.3 is 14.7 Å². The molecular formula is C36H51N9O2. The topological polar surface area (TPSA) is 102 Å². The first-order valence-electron chi connectivity index (χ1n) is 18.0. The fraction of sp³-hybridized carbons (Fsp3) is 0.667. The zero-order valence-electron chi connectivity index (χ0n) is 28.1. The molecule has 11 heteroatoms. The van der Waals surface area contributed by atoms with Crippen molar-refractivity contribution < 1.29 is 9.59 Å². The van der Waals surface area contributed by atoms with Crippen molar-refractivity contribution in [3.8, 4) is 11.4 Å². The molecule has 1 aromatic heterocycles. The van der Waals surface area contributed by atoms with E-state index >= 15 is 0 Å². The summed E-state index contributed by atoms with van der Waals surface area (Å²) in [6, 6.07) is 9.80. The van der Waals surface area contributed by atoms with E-state index in [1.54, 1.807) is 11.0 Å². The summed E-state index contributed by atoms with van der Waals surface area (Å²) in [6.07, 6.45) is 12.4. The second-order valence-electron chi connectivity index (χ2n) is 15.3. The molecule has 8 rings (SSSR count). The van der Waals surface area contributed by atoms with Crippen molar-refractivity contribution in [3.05, 3.63) is 42.2 Å². The summed E-state index contributed by atoms with van der Waals surface area (Å²) < 4.78 is 1.71. The smallest absolute Gasteiger partial charge is 0.237 e. The fourth-order valence-electron chi connectivity index (χ4n) is 9.63. The number of benzene rings is 1. The van der Waals surface area contributed by atoms with Crippen LogP contribution in [0.15, 0.2) is 36.7 Å². The highest BCUT2D eigenvalue weighted by atomic mass is 16.2. The number of hydrogen-bond donors (Lipinski definition) is 2. The molecule has 252 valence electrons. The van der Waals surface area contributed by atoms with Crippen LogP contribution >= 0.6 is 0 Å². The van der Waals surface area contributed by atoms with Gasteiger partial charge in [-0.2, -0.15) is 5.10 Å². The number of amides is 2. The summed E-state index contributed by atoms with van der Waals surface area (Å²) in [5.41, 5.74) is 10.5. The lowest BCUT2D eigenvalue weighted by Crippen LogP contribution is -2.49. The first-order valence-corrected chi connectivity index (χ1v) is 18.0. The van der Waals surface area contributed by atoms with E-state index in [0.717, 1.165) is 82.0 Å². The maximum atomic E-state index is 14.1. The Morgan fingerprint density at radius 2 is 1.74 bits per heavy atom. The molecule has 4 unspecified atom stereocenters. The zero-order valence-corrected chi connectivity index (χ0v) is 28.1. The quantitative estimate of drug-likeness (QED) is 0.496. The molecule has 1 aromatic carbocycles. The van der Waals surface area contributed by atoms with Crippen molar-refractivity contribution in [3.63, 3.8) is 0 Å². The van der Waals surface area contributed by atoms with Gasteiger partial charge in [0, 0.05) is 56.9 Å². The molecule has 5 aliphatic heterocycles. The van der Waals surface area contributed by atoms with Crippen molar-refractivity contribution in [2.45, 2.75) is 69.5 Å². The van der Waals surface area contributed by atoms with Crippen LogP contribution in [0.5, 0.6) is 0 Å². The normalized spacial score (nSPS) is 32.4. The molecule has 5 fully saturated rings. The van der Waals surface area contributed by atoms with Crippen LogP contribution in [0.2, 0.25) is 0 Å². The molecule has 1 aliphatic carbocycles. The molecule has 47 heavy (non-hydrogen) atoms. The number of carbonyl (C=O) groups is 2. The van der Waals surface area contributed by atoms with Crippen molar-refractivity contribution in [1.82, 2.24) is 45.2 Å². The number of aromatic nitrogens is 3. The third kappa shape index (κ3) is 6.04. The lowest BCUT2D eigenvalue weighted by atomic mass is 9.73. The summed E-state index contributed by atoms with van der Waals surface area (Å²) in [4.78, 5) is 40.8. The standard InChI is InChI=1S/C36H51N9O2/c1-41-15-9-27(10-16-41)33-30-21-29(7-8-31(30)38-39-33)45-20-14-36(35(45)47)13-19-43(23-36)22-32(46)44-17-11-26(12-18-44)25-3-5-28(6-4-25)34-37-24-42(2)40-34/h3-6,11,24,27,29-31,33,38-39H,7-10,12-23H2,1-2H3/t29?,30?,31?,33?,36-/m0/s1. The molecule has 0 radical (unpaired) electrons. The van der Waals surface area contributed by atoms with Crippen LogP contribution in [0.25, 0.3) is 17.0 Å². The lowest BCUT2D eigenvalue weighted by Gasteiger charge is -2.41. The predicted octanol–water partition coefficient (Wildman–Crippen LogP) is 2.38. The summed E-state index contributed by atoms with van der Waals surface area (Å²) in [6.45, 7) is 6.58. The number of hydrazine groups is 1. The van der Waals surface area contributed by atoms with Crippen molar-refractivity contribution >= 4 is 17.4 Å². The molecule has 0 bridgehead atoms. The highest BCUT2D eigenvalue weighted by molar-refractivity contribution is 5.86. The number of aryl methyl sites for hydroxylation is 1. The van der Waals surface area contributed by atoms with Crippen molar-refractivity contribution in [2.75, 3.05) is 59.4 Å². The minimum absolute atomic E-state index is 0.177. The Morgan fingerprint density at radius 3 is 2.49 bits per heavy atom. The molecule has 11 nitrogen and oxygen atoms in total. The number of likely N-dealkylation sites (tertiary alicyclic amines) is 3. The number of nitrogens with one attached hydrogen (secondary N) is 2. The first kappa shape index (κ1) is 31.2. The van der Waals surface area contributed by atoms with E-state index in [1.807, 2.05) is 11.9 Å². The Labute approximate surface area is 278 Å². The van der Waals surface area contributed by atoms with E-state index in [2.05, 4.69) is 73.0 Å². The maximum absolute atomic E-state index is 14.1. The predicted molar refractivity (Wildman–Crippen MR) is 181 cm³/mol. The van der Waals surface area contributed by atoms with Crippen LogP contribution in [0.3, 0.4) is 0 Å². The van der Waals surface area contributed by atoms with Crippen LogP contribution in [-0.4, -0.2) is 124 Å².